The molecule has 116 valence electrons. The van der Waals surface area contributed by atoms with Crippen LogP contribution in [0.3, 0.4) is 0 Å². The first kappa shape index (κ1) is 16.9. The molecule has 2 unspecified atom stereocenters. The predicted octanol–water partition coefficient (Wildman–Crippen LogP) is 2.78. The Morgan fingerprint density at radius 2 is 2.00 bits per heavy atom. The van der Waals surface area contributed by atoms with Gasteiger partial charge < -0.3 is 5.32 Å². The molecule has 1 aromatic rings. The quantitative estimate of drug-likeness (QED) is 0.831. The summed E-state index contributed by atoms with van der Waals surface area (Å²) in [6.45, 7) is 1.74. The third kappa shape index (κ3) is 4.52. The van der Waals surface area contributed by atoms with Gasteiger partial charge in [0.15, 0.2) is 9.84 Å². The van der Waals surface area contributed by atoms with Crippen LogP contribution in [0.4, 0.5) is 0 Å². The molecule has 0 aliphatic carbocycles. The third-order valence-corrected chi connectivity index (χ3v) is 7.03. The molecule has 0 saturated carbocycles. The second kappa shape index (κ2) is 6.77. The Labute approximate surface area is 138 Å². The summed E-state index contributed by atoms with van der Waals surface area (Å²) in [5, 5.41) is 3.35. The van der Waals surface area contributed by atoms with Crippen LogP contribution in [-0.4, -0.2) is 37.1 Å². The first-order valence-electron chi connectivity index (χ1n) is 6.40. The van der Waals surface area contributed by atoms with Crippen molar-refractivity contribution in [2.24, 2.45) is 0 Å². The minimum Gasteiger partial charge on any atom is -0.351 e. The average Bonchev–Trinajstić information content (AvgIpc) is 2.73. The number of carbonyl (C=O) groups is 1. The van der Waals surface area contributed by atoms with Gasteiger partial charge in [0.1, 0.15) is 0 Å². The lowest BCUT2D eigenvalue weighted by atomic mass is 10.2. The first-order valence-corrected chi connectivity index (χ1v) is 9.85. The van der Waals surface area contributed by atoms with Crippen LogP contribution in [0.2, 0.25) is 10.0 Å². The summed E-state index contributed by atoms with van der Waals surface area (Å²) in [6.07, 6.45) is 0.471. The molecule has 1 aromatic carbocycles. The van der Waals surface area contributed by atoms with Gasteiger partial charge in [0, 0.05) is 10.9 Å². The van der Waals surface area contributed by atoms with Crippen molar-refractivity contribution in [3.05, 3.63) is 28.2 Å². The van der Waals surface area contributed by atoms with Crippen LogP contribution >= 0.6 is 35.0 Å². The number of carbonyl (C=O) groups excluding carboxylic acids is 1. The van der Waals surface area contributed by atoms with Crippen LogP contribution in [-0.2, 0) is 14.6 Å². The van der Waals surface area contributed by atoms with E-state index in [4.69, 9.17) is 23.2 Å². The number of amides is 1. The van der Waals surface area contributed by atoms with Gasteiger partial charge in [0.05, 0.1) is 26.8 Å². The minimum atomic E-state index is -3.00. The highest BCUT2D eigenvalue weighted by Gasteiger charge is 2.30. The number of thioether (sulfide) groups is 1. The Kier molecular flexibility index (Phi) is 5.46. The van der Waals surface area contributed by atoms with Crippen molar-refractivity contribution in [3.63, 3.8) is 0 Å². The minimum absolute atomic E-state index is 0.0168. The molecular weight excluding hydrogens is 353 g/mol. The fraction of sp³-hybridized carbons (Fsp3) is 0.462. The molecule has 1 saturated heterocycles. The van der Waals surface area contributed by atoms with Crippen LogP contribution in [0.1, 0.15) is 13.3 Å². The number of nitrogens with one attached hydrogen (secondary N) is 1. The summed E-state index contributed by atoms with van der Waals surface area (Å²) >= 11 is 13.4. The van der Waals surface area contributed by atoms with Crippen molar-refractivity contribution in [2.75, 3.05) is 11.5 Å². The number of rotatable bonds is 4. The van der Waals surface area contributed by atoms with Gasteiger partial charge in [0.25, 0.3) is 0 Å². The van der Waals surface area contributed by atoms with Crippen molar-refractivity contribution in [2.45, 2.75) is 29.5 Å². The van der Waals surface area contributed by atoms with Gasteiger partial charge in [-0.2, -0.15) is 0 Å². The smallest absolute Gasteiger partial charge is 0.233 e. The number of benzene rings is 1. The maximum atomic E-state index is 12.1. The summed E-state index contributed by atoms with van der Waals surface area (Å²) in [5.41, 5.74) is 0. The Bertz CT molecular complexity index is 629. The lowest BCUT2D eigenvalue weighted by Gasteiger charge is -2.16. The molecule has 2 atom stereocenters. The van der Waals surface area contributed by atoms with E-state index in [2.05, 4.69) is 5.32 Å². The Morgan fingerprint density at radius 1 is 1.38 bits per heavy atom. The predicted molar refractivity (Wildman–Crippen MR) is 87.0 cm³/mol. The SMILES string of the molecule is CC(Sc1c(Cl)cccc1Cl)C(=O)NC1CCS(=O)(=O)C1. The standard InChI is InChI=1S/C13H15Cl2NO3S2/c1-8(20-12-10(14)3-2-4-11(12)15)13(17)16-9-5-6-21(18,19)7-9/h2-4,8-9H,5-7H2,1H3,(H,16,17). The van der Waals surface area contributed by atoms with E-state index in [0.717, 1.165) is 0 Å². The summed E-state index contributed by atoms with van der Waals surface area (Å²) < 4.78 is 22.8. The summed E-state index contributed by atoms with van der Waals surface area (Å²) in [5.74, 6) is -0.0585. The summed E-state index contributed by atoms with van der Waals surface area (Å²) in [6, 6.07) is 4.86. The Morgan fingerprint density at radius 3 is 2.52 bits per heavy atom. The molecule has 1 N–H and O–H groups in total. The van der Waals surface area contributed by atoms with Gasteiger partial charge >= 0.3 is 0 Å². The van der Waals surface area contributed by atoms with Crippen molar-refractivity contribution in [1.29, 1.82) is 0 Å². The van der Waals surface area contributed by atoms with Crippen LogP contribution in [0.15, 0.2) is 23.1 Å². The molecule has 0 aromatic heterocycles. The highest BCUT2D eigenvalue weighted by atomic mass is 35.5. The maximum absolute atomic E-state index is 12.1. The number of hydrogen-bond acceptors (Lipinski definition) is 4. The summed E-state index contributed by atoms with van der Waals surface area (Å²) in [7, 11) is -3.00. The zero-order valence-electron chi connectivity index (χ0n) is 11.3. The topological polar surface area (TPSA) is 63.2 Å². The van der Waals surface area contributed by atoms with Crippen LogP contribution < -0.4 is 5.32 Å². The first-order chi connectivity index (χ1) is 9.78. The molecule has 1 aliphatic heterocycles. The highest BCUT2D eigenvalue weighted by molar-refractivity contribution is 8.00. The van der Waals surface area contributed by atoms with E-state index in [1.54, 1.807) is 25.1 Å². The van der Waals surface area contributed by atoms with Crippen LogP contribution in [0.5, 0.6) is 0 Å². The molecule has 0 spiro atoms. The lowest BCUT2D eigenvalue weighted by Crippen LogP contribution is -2.39. The van der Waals surface area contributed by atoms with Crippen LogP contribution in [0, 0.1) is 0 Å². The van der Waals surface area contributed by atoms with E-state index in [1.807, 2.05) is 0 Å². The Hall–Kier alpha value is -0.430. The van der Waals surface area contributed by atoms with Gasteiger partial charge in [-0.05, 0) is 25.5 Å². The zero-order valence-corrected chi connectivity index (χ0v) is 14.5. The van der Waals surface area contributed by atoms with Gasteiger partial charge in [-0.1, -0.05) is 29.3 Å². The second-order valence-electron chi connectivity index (χ2n) is 4.92. The molecule has 2 rings (SSSR count). The van der Waals surface area contributed by atoms with Crippen molar-refractivity contribution >= 4 is 50.7 Å². The van der Waals surface area contributed by atoms with Gasteiger partial charge in [-0.25, -0.2) is 8.42 Å². The number of hydrogen-bond donors (Lipinski definition) is 1. The van der Waals surface area contributed by atoms with E-state index in [1.165, 1.54) is 11.8 Å². The van der Waals surface area contributed by atoms with Gasteiger partial charge in [-0.15, -0.1) is 11.8 Å². The zero-order chi connectivity index (χ0) is 15.6. The van der Waals surface area contributed by atoms with Gasteiger partial charge in [-0.3, -0.25) is 4.79 Å². The summed E-state index contributed by atoms with van der Waals surface area (Å²) in [4.78, 5) is 12.8. The number of halogens is 2. The number of sulfone groups is 1. The normalized spacial score (nSPS) is 22.0. The van der Waals surface area contributed by atoms with E-state index in [9.17, 15) is 13.2 Å². The molecule has 8 heteroatoms. The highest BCUT2D eigenvalue weighted by Crippen LogP contribution is 2.36. The maximum Gasteiger partial charge on any atom is 0.233 e. The fourth-order valence-electron chi connectivity index (χ4n) is 2.05. The van der Waals surface area contributed by atoms with E-state index in [-0.39, 0.29) is 23.5 Å². The molecule has 21 heavy (non-hydrogen) atoms. The third-order valence-electron chi connectivity index (χ3n) is 3.16. The fourth-order valence-corrected chi connectivity index (χ4v) is 5.28. The molecule has 1 heterocycles. The molecule has 0 radical (unpaired) electrons. The van der Waals surface area contributed by atoms with E-state index in [0.29, 0.717) is 21.4 Å². The monoisotopic (exact) mass is 367 g/mol. The van der Waals surface area contributed by atoms with Crippen molar-refractivity contribution < 1.29 is 13.2 Å². The molecule has 0 bridgehead atoms. The van der Waals surface area contributed by atoms with Crippen molar-refractivity contribution in [3.8, 4) is 0 Å². The largest absolute Gasteiger partial charge is 0.351 e. The van der Waals surface area contributed by atoms with E-state index >= 15 is 0 Å². The molecule has 1 fully saturated rings. The average molecular weight is 368 g/mol. The van der Waals surface area contributed by atoms with Crippen molar-refractivity contribution in [1.82, 2.24) is 5.32 Å². The molecular formula is C13H15Cl2NO3S2. The lowest BCUT2D eigenvalue weighted by molar-refractivity contribution is -0.120. The van der Waals surface area contributed by atoms with E-state index < -0.39 is 15.1 Å². The molecule has 1 amide bonds. The molecule has 1 aliphatic rings. The second-order valence-corrected chi connectivity index (χ2v) is 9.31. The Balaban J connectivity index is 1.97. The van der Waals surface area contributed by atoms with Crippen LogP contribution in [0.25, 0.3) is 0 Å². The van der Waals surface area contributed by atoms with Gasteiger partial charge in [0.2, 0.25) is 5.91 Å². The molecule has 4 nitrogen and oxygen atoms in total.